The first-order valence-corrected chi connectivity index (χ1v) is 6.42. The minimum Gasteiger partial charge on any atom is -0.479 e. The van der Waals surface area contributed by atoms with Gasteiger partial charge < -0.3 is 15.2 Å². The highest BCUT2D eigenvalue weighted by Gasteiger charge is 2.45. The van der Waals surface area contributed by atoms with Gasteiger partial charge in [0.15, 0.2) is 6.10 Å². The number of hydrogen-bond donors (Lipinski definition) is 2. The molecule has 0 heterocycles. The number of ether oxygens (including phenoxy) is 1. The average Bonchev–Trinajstić information content (AvgIpc) is 3.22. The smallest absolute Gasteiger partial charge is 0.334 e. The van der Waals surface area contributed by atoms with E-state index in [1.165, 1.54) is 7.11 Å². The normalized spacial score (nSPS) is 21.7. The minimum absolute atomic E-state index is 0.167. The van der Waals surface area contributed by atoms with Gasteiger partial charge in [0.2, 0.25) is 5.91 Å². The summed E-state index contributed by atoms with van der Waals surface area (Å²) in [4.78, 5) is 22.6. The number of methoxy groups -OCH3 is 1. The maximum atomic E-state index is 13.6. The van der Waals surface area contributed by atoms with Gasteiger partial charge in [0.05, 0.1) is 6.54 Å². The van der Waals surface area contributed by atoms with Gasteiger partial charge in [-0.2, -0.15) is 0 Å². The molecule has 0 aliphatic heterocycles. The van der Waals surface area contributed by atoms with Crippen LogP contribution >= 0.6 is 0 Å². The van der Waals surface area contributed by atoms with E-state index in [0.717, 1.165) is 18.2 Å². The number of carbonyl (C=O) groups is 2. The van der Waals surface area contributed by atoms with Gasteiger partial charge >= 0.3 is 5.97 Å². The Kier molecular flexibility index (Phi) is 4.52. The first kappa shape index (κ1) is 15.4. The molecule has 1 amide bonds. The molecule has 3 unspecified atom stereocenters. The predicted octanol–water partition coefficient (Wildman–Crippen LogP) is 1.28. The van der Waals surface area contributed by atoms with Gasteiger partial charge in [-0.25, -0.2) is 13.6 Å². The molecule has 1 fully saturated rings. The Morgan fingerprint density at radius 3 is 2.81 bits per heavy atom. The molecule has 1 aromatic rings. The van der Waals surface area contributed by atoms with Crippen LogP contribution in [-0.4, -0.2) is 36.7 Å². The quantitative estimate of drug-likeness (QED) is 0.830. The summed E-state index contributed by atoms with van der Waals surface area (Å²) in [6, 6.07) is 3.14. The zero-order valence-corrected chi connectivity index (χ0v) is 11.3. The lowest BCUT2D eigenvalue weighted by Crippen LogP contribution is -2.38. The van der Waals surface area contributed by atoms with Crippen molar-refractivity contribution in [2.24, 2.45) is 5.92 Å². The van der Waals surface area contributed by atoms with Crippen LogP contribution in [0, 0.1) is 17.6 Å². The number of carbonyl (C=O) groups excluding carboxylic acids is 1. The van der Waals surface area contributed by atoms with Crippen molar-refractivity contribution in [3.05, 3.63) is 35.4 Å². The zero-order valence-electron chi connectivity index (χ0n) is 11.3. The van der Waals surface area contributed by atoms with Crippen molar-refractivity contribution in [2.75, 3.05) is 13.7 Å². The summed E-state index contributed by atoms with van der Waals surface area (Å²) in [5.41, 5.74) is 0.177. The van der Waals surface area contributed by atoms with E-state index in [9.17, 15) is 18.4 Å². The van der Waals surface area contributed by atoms with E-state index in [1.54, 1.807) is 0 Å². The maximum Gasteiger partial charge on any atom is 0.334 e. The van der Waals surface area contributed by atoms with Crippen molar-refractivity contribution in [3.8, 4) is 0 Å². The highest BCUT2D eigenvalue weighted by Crippen LogP contribution is 2.48. The third kappa shape index (κ3) is 3.55. The summed E-state index contributed by atoms with van der Waals surface area (Å²) >= 11 is 0. The number of carboxylic acid groups (broad SMARTS) is 1. The van der Waals surface area contributed by atoms with Crippen molar-refractivity contribution in [1.82, 2.24) is 5.32 Å². The summed E-state index contributed by atoms with van der Waals surface area (Å²) in [5.74, 6) is -3.49. The Morgan fingerprint density at radius 1 is 1.48 bits per heavy atom. The third-order valence-electron chi connectivity index (χ3n) is 3.51. The van der Waals surface area contributed by atoms with E-state index >= 15 is 0 Å². The number of aliphatic carboxylic acids is 1. The van der Waals surface area contributed by atoms with E-state index in [-0.39, 0.29) is 23.9 Å². The van der Waals surface area contributed by atoms with Crippen LogP contribution in [0.5, 0.6) is 0 Å². The van der Waals surface area contributed by atoms with Gasteiger partial charge in [-0.15, -0.1) is 0 Å². The summed E-state index contributed by atoms with van der Waals surface area (Å²) in [6.07, 6.45) is -0.714. The number of nitrogens with one attached hydrogen (secondary N) is 1. The van der Waals surface area contributed by atoms with E-state index in [0.29, 0.717) is 6.42 Å². The van der Waals surface area contributed by atoms with Gasteiger partial charge in [-0.3, -0.25) is 4.79 Å². The van der Waals surface area contributed by atoms with Crippen LogP contribution in [0.4, 0.5) is 8.78 Å². The van der Waals surface area contributed by atoms with Crippen LogP contribution in [-0.2, 0) is 14.3 Å². The number of amides is 1. The number of carboxylic acids is 1. The molecule has 1 saturated carbocycles. The second-order valence-corrected chi connectivity index (χ2v) is 4.92. The van der Waals surface area contributed by atoms with Crippen LogP contribution < -0.4 is 5.32 Å². The summed E-state index contributed by atoms with van der Waals surface area (Å²) in [7, 11) is 1.23. The van der Waals surface area contributed by atoms with Crippen LogP contribution in [0.15, 0.2) is 18.2 Å². The molecule has 0 saturated heterocycles. The standard InChI is InChI=1S/C14H15F2NO4/c1-21-12(14(19)20)6-17-13(18)10-5-8(10)9-4-7(15)2-3-11(9)16/h2-4,8,10,12H,5-6H2,1H3,(H,17,18)(H,19,20). The van der Waals surface area contributed by atoms with Crippen molar-refractivity contribution in [2.45, 2.75) is 18.4 Å². The van der Waals surface area contributed by atoms with Gasteiger partial charge in [0, 0.05) is 13.0 Å². The molecular weight excluding hydrogens is 284 g/mol. The Bertz CT molecular complexity index is 564. The molecule has 114 valence electrons. The first-order valence-electron chi connectivity index (χ1n) is 6.42. The highest BCUT2D eigenvalue weighted by molar-refractivity contribution is 5.83. The van der Waals surface area contributed by atoms with Crippen LogP contribution in [0.25, 0.3) is 0 Å². The lowest BCUT2D eigenvalue weighted by molar-refractivity contribution is -0.148. The molecule has 2 N–H and O–H groups in total. The van der Waals surface area contributed by atoms with Crippen LogP contribution in [0.2, 0.25) is 0 Å². The van der Waals surface area contributed by atoms with Crippen LogP contribution in [0.1, 0.15) is 17.9 Å². The molecule has 2 rings (SSSR count). The second-order valence-electron chi connectivity index (χ2n) is 4.92. The third-order valence-corrected chi connectivity index (χ3v) is 3.51. The van der Waals surface area contributed by atoms with Crippen molar-refractivity contribution >= 4 is 11.9 Å². The summed E-state index contributed by atoms with van der Waals surface area (Å²) < 4.78 is 31.4. The number of hydrogen-bond acceptors (Lipinski definition) is 3. The molecule has 3 atom stereocenters. The topological polar surface area (TPSA) is 75.6 Å². The summed E-state index contributed by atoms with van der Waals surface area (Å²) in [6.45, 7) is -0.167. The molecule has 1 aromatic carbocycles. The van der Waals surface area contributed by atoms with E-state index in [2.05, 4.69) is 10.1 Å². The lowest BCUT2D eigenvalue weighted by atomic mass is 10.1. The molecule has 5 nitrogen and oxygen atoms in total. The second kappa shape index (κ2) is 6.17. The first-order chi connectivity index (χ1) is 9.93. The Hall–Kier alpha value is -2.02. The number of benzene rings is 1. The van der Waals surface area contributed by atoms with Gasteiger partial charge in [-0.1, -0.05) is 0 Å². The molecule has 0 bridgehead atoms. The van der Waals surface area contributed by atoms with Gasteiger partial charge in [0.25, 0.3) is 0 Å². The number of halogens is 2. The fourth-order valence-corrected chi connectivity index (χ4v) is 2.22. The monoisotopic (exact) mass is 299 g/mol. The van der Waals surface area contributed by atoms with E-state index in [4.69, 9.17) is 5.11 Å². The van der Waals surface area contributed by atoms with Crippen LogP contribution in [0.3, 0.4) is 0 Å². The SMILES string of the molecule is COC(CNC(=O)C1CC1c1cc(F)ccc1F)C(=O)O. The van der Waals surface area contributed by atoms with E-state index < -0.39 is 29.6 Å². The average molecular weight is 299 g/mol. The van der Waals surface area contributed by atoms with E-state index in [1.807, 2.05) is 0 Å². The zero-order chi connectivity index (χ0) is 15.6. The Morgan fingerprint density at radius 2 is 2.19 bits per heavy atom. The predicted molar refractivity (Wildman–Crippen MR) is 68.6 cm³/mol. The minimum atomic E-state index is -1.18. The molecule has 7 heteroatoms. The fraction of sp³-hybridized carbons (Fsp3) is 0.429. The molecule has 1 aliphatic rings. The Labute approximate surface area is 119 Å². The van der Waals surface area contributed by atoms with Crippen molar-refractivity contribution in [1.29, 1.82) is 0 Å². The molecule has 21 heavy (non-hydrogen) atoms. The van der Waals surface area contributed by atoms with Crippen molar-refractivity contribution < 1.29 is 28.2 Å². The fourth-order valence-electron chi connectivity index (χ4n) is 2.22. The van der Waals surface area contributed by atoms with Gasteiger partial charge in [-0.05, 0) is 36.1 Å². The maximum absolute atomic E-state index is 13.6. The molecule has 0 radical (unpaired) electrons. The summed E-state index contributed by atoms with van der Waals surface area (Å²) in [5, 5.41) is 11.2. The van der Waals surface area contributed by atoms with Crippen molar-refractivity contribution in [3.63, 3.8) is 0 Å². The Balaban J connectivity index is 1.92. The molecular formula is C14H15F2NO4. The highest BCUT2D eigenvalue weighted by atomic mass is 19.1. The molecule has 1 aliphatic carbocycles. The molecule has 0 spiro atoms. The number of rotatable bonds is 6. The van der Waals surface area contributed by atoms with Gasteiger partial charge in [0.1, 0.15) is 11.6 Å². The molecule has 0 aromatic heterocycles. The lowest BCUT2D eigenvalue weighted by Gasteiger charge is -2.11. The largest absolute Gasteiger partial charge is 0.479 e.